The van der Waals surface area contributed by atoms with E-state index in [4.69, 9.17) is 11.6 Å². The summed E-state index contributed by atoms with van der Waals surface area (Å²) in [5.74, 6) is 0. The Morgan fingerprint density at radius 2 is 1.65 bits per heavy atom. The monoisotopic (exact) mass is 308 g/mol. The first-order valence-electron chi connectivity index (χ1n) is 5.84. The molecule has 104 valence electrons. The van der Waals surface area contributed by atoms with E-state index in [1.165, 1.54) is 18.3 Å². The number of rotatable bonds is 4. The molecule has 20 heavy (non-hydrogen) atoms. The van der Waals surface area contributed by atoms with Gasteiger partial charge >= 0.3 is 0 Å². The van der Waals surface area contributed by atoms with Crippen molar-refractivity contribution >= 4 is 27.8 Å². The van der Waals surface area contributed by atoms with Crippen LogP contribution in [0.2, 0.25) is 5.02 Å². The lowest BCUT2D eigenvalue weighted by Gasteiger charge is -2.03. The van der Waals surface area contributed by atoms with Gasteiger partial charge in [-0.3, -0.25) is 0 Å². The van der Waals surface area contributed by atoms with Crippen LogP contribution in [-0.2, 0) is 10.0 Å². The van der Waals surface area contributed by atoms with E-state index in [1.807, 2.05) is 6.92 Å². The largest absolute Gasteiger partial charge is 0.276 e. The molecule has 0 aliphatic heterocycles. The zero-order valence-corrected chi connectivity index (χ0v) is 12.3. The van der Waals surface area contributed by atoms with Crippen LogP contribution in [-0.4, -0.2) is 14.6 Å². The van der Waals surface area contributed by atoms with Crippen molar-refractivity contribution in [2.75, 3.05) is 0 Å². The smallest absolute Gasteiger partial charge is 0.200 e. The molecule has 0 aliphatic rings. The summed E-state index contributed by atoms with van der Waals surface area (Å²) >= 11 is 5.76. The third-order valence-electron chi connectivity index (χ3n) is 2.59. The van der Waals surface area contributed by atoms with E-state index < -0.39 is 10.0 Å². The highest BCUT2D eigenvalue weighted by Gasteiger charge is 2.11. The second-order valence-corrected chi connectivity index (χ2v) is 6.31. The van der Waals surface area contributed by atoms with Crippen molar-refractivity contribution in [2.24, 2.45) is 5.10 Å². The highest BCUT2D eigenvalue weighted by atomic mass is 35.5. The molecule has 0 spiro atoms. The first-order valence-corrected chi connectivity index (χ1v) is 7.70. The van der Waals surface area contributed by atoms with Crippen LogP contribution in [0.25, 0.3) is 0 Å². The zero-order valence-electron chi connectivity index (χ0n) is 10.7. The molecular weight excluding hydrogens is 296 g/mol. The Balaban J connectivity index is 2.09. The molecule has 2 aromatic carbocycles. The summed E-state index contributed by atoms with van der Waals surface area (Å²) < 4.78 is 23.9. The Kier molecular flexibility index (Phi) is 4.42. The Hall–Kier alpha value is -1.85. The van der Waals surface area contributed by atoms with Crippen LogP contribution in [0.3, 0.4) is 0 Å². The Morgan fingerprint density at radius 3 is 2.25 bits per heavy atom. The molecule has 0 bridgehead atoms. The fraction of sp³-hybridized carbons (Fsp3) is 0.0714. The number of hydrazone groups is 1. The fourth-order valence-corrected chi connectivity index (χ4v) is 2.41. The average Bonchev–Trinajstić information content (AvgIpc) is 2.41. The standard InChI is InChI=1S/C14H13ClN2O2S/c1-11-2-8-14(9-3-11)20(18,19)17-16-10-12-4-6-13(15)7-5-12/h2-10,17H,1H3. The van der Waals surface area contributed by atoms with Gasteiger partial charge in [0.25, 0.3) is 10.0 Å². The van der Waals surface area contributed by atoms with Crippen LogP contribution in [0.1, 0.15) is 11.1 Å². The lowest BCUT2D eigenvalue weighted by Crippen LogP contribution is -2.18. The topological polar surface area (TPSA) is 58.5 Å². The maximum atomic E-state index is 11.9. The zero-order chi connectivity index (χ0) is 14.6. The molecule has 0 aromatic heterocycles. The third kappa shape index (κ3) is 3.82. The molecule has 1 N–H and O–H groups in total. The maximum Gasteiger partial charge on any atom is 0.276 e. The Bertz CT molecular complexity index is 708. The highest BCUT2D eigenvalue weighted by Crippen LogP contribution is 2.10. The summed E-state index contributed by atoms with van der Waals surface area (Å²) in [5.41, 5.74) is 1.75. The van der Waals surface area contributed by atoms with Gasteiger partial charge in [-0.15, -0.1) is 0 Å². The van der Waals surface area contributed by atoms with Crippen molar-refractivity contribution < 1.29 is 8.42 Å². The second kappa shape index (κ2) is 6.07. The summed E-state index contributed by atoms with van der Waals surface area (Å²) in [6.45, 7) is 1.89. The number of hydrogen-bond donors (Lipinski definition) is 1. The van der Waals surface area contributed by atoms with Gasteiger partial charge in [-0.1, -0.05) is 41.4 Å². The van der Waals surface area contributed by atoms with Gasteiger partial charge in [0.2, 0.25) is 0 Å². The third-order valence-corrected chi connectivity index (χ3v) is 4.08. The number of nitrogens with zero attached hydrogens (tertiary/aromatic N) is 1. The van der Waals surface area contributed by atoms with E-state index in [0.717, 1.165) is 11.1 Å². The average molecular weight is 309 g/mol. The van der Waals surface area contributed by atoms with Gasteiger partial charge in [0, 0.05) is 5.02 Å². The van der Waals surface area contributed by atoms with Crippen LogP contribution in [0.5, 0.6) is 0 Å². The molecule has 2 rings (SSSR count). The summed E-state index contributed by atoms with van der Waals surface area (Å²) in [7, 11) is -3.63. The van der Waals surface area contributed by atoms with Gasteiger partial charge in [-0.25, -0.2) is 4.83 Å². The normalized spacial score (nSPS) is 11.7. The van der Waals surface area contributed by atoms with Crippen LogP contribution in [0, 0.1) is 6.92 Å². The van der Waals surface area contributed by atoms with E-state index in [2.05, 4.69) is 9.93 Å². The molecule has 2 aromatic rings. The summed E-state index contributed by atoms with van der Waals surface area (Å²) in [6.07, 6.45) is 1.42. The van der Waals surface area contributed by atoms with Crippen molar-refractivity contribution in [3.05, 3.63) is 64.7 Å². The Morgan fingerprint density at radius 1 is 1.05 bits per heavy atom. The Labute approximate surface area is 123 Å². The molecule has 0 unspecified atom stereocenters. The van der Waals surface area contributed by atoms with Gasteiger partial charge in [0.05, 0.1) is 11.1 Å². The van der Waals surface area contributed by atoms with E-state index in [9.17, 15) is 8.42 Å². The molecule has 0 atom stereocenters. The van der Waals surface area contributed by atoms with Crippen LogP contribution < -0.4 is 4.83 Å². The summed E-state index contributed by atoms with van der Waals surface area (Å²) in [4.78, 5) is 2.34. The predicted molar refractivity (Wildman–Crippen MR) is 80.5 cm³/mol. The van der Waals surface area contributed by atoms with E-state index >= 15 is 0 Å². The number of halogens is 1. The highest BCUT2D eigenvalue weighted by molar-refractivity contribution is 7.89. The molecule has 0 aliphatic carbocycles. The van der Waals surface area contributed by atoms with Crippen molar-refractivity contribution in [1.82, 2.24) is 4.83 Å². The molecular formula is C14H13ClN2O2S. The quantitative estimate of drug-likeness (QED) is 0.697. The minimum absolute atomic E-state index is 0.177. The lowest BCUT2D eigenvalue weighted by atomic mass is 10.2. The number of nitrogens with one attached hydrogen (secondary N) is 1. The van der Waals surface area contributed by atoms with Gasteiger partial charge in [0.15, 0.2) is 0 Å². The van der Waals surface area contributed by atoms with Crippen LogP contribution in [0.15, 0.2) is 58.5 Å². The van der Waals surface area contributed by atoms with Crippen LogP contribution >= 0.6 is 11.6 Å². The number of benzene rings is 2. The molecule has 0 fully saturated rings. The molecule has 0 saturated heterocycles. The molecule has 0 saturated carbocycles. The molecule has 0 radical (unpaired) electrons. The van der Waals surface area contributed by atoms with Crippen molar-refractivity contribution in [2.45, 2.75) is 11.8 Å². The van der Waals surface area contributed by atoms with Crippen molar-refractivity contribution in [3.63, 3.8) is 0 Å². The number of aryl methyl sites for hydroxylation is 1. The minimum Gasteiger partial charge on any atom is -0.200 e. The summed E-state index contributed by atoms with van der Waals surface area (Å²) in [5, 5.41) is 4.35. The fourth-order valence-electron chi connectivity index (χ4n) is 1.49. The molecule has 6 heteroatoms. The van der Waals surface area contributed by atoms with Crippen molar-refractivity contribution in [1.29, 1.82) is 0 Å². The lowest BCUT2D eigenvalue weighted by molar-refractivity contribution is 0.584. The SMILES string of the molecule is Cc1ccc(S(=O)(=O)NN=Cc2ccc(Cl)cc2)cc1. The first-order chi connectivity index (χ1) is 9.47. The molecule has 0 heterocycles. The number of hydrogen-bond acceptors (Lipinski definition) is 3. The predicted octanol–water partition coefficient (Wildman–Crippen LogP) is 2.96. The van der Waals surface area contributed by atoms with E-state index in [1.54, 1.807) is 36.4 Å². The van der Waals surface area contributed by atoms with Gasteiger partial charge in [-0.2, -0.15) is 13.5 Å². The molecule has 4 nitrogen and oxygen atoms in total. The van der Waals surface area contributed by atoms with Gasteiger partial charge in [-0.05, 0) is 36.8 Å². The van der Waals surface area contributed by atoms with Crippen LogP contribution in [0.4, 0.5) is 0 Å². The molecule has 0 amide bonds. The van der Waals surface area contributed by atoms with Gasteiger partial charge < -0.3 is 0 Å². The minimum atomic E-state index is -3.63. The first kappa shape index (κ1) is 14.6. The summed E-state index contributed by atoms with van der Waals surface area (Å²) in [6, 6.07) is 13.4. The second-order valence-electron chi connectivity index (χ2n) is 4.22. The van der Waals surface area contributed by atoms with E-state index in [0.29, 0.717) is 5.02 Å². The maximum absolute atomic E-state index is 11.9. The van der Waals surface area contributed by atoms with Gasteiger partial charge in [0.1, 0.15) is 0 Å². The van der Waals surface area contributed by atoms with Crippen molar-refractivity contribution in [3.8, 4) is 0 Å². The van der Waals surface area contributed by atoms with E-state index in [-0.39, 0.29) is 4.90 Å². The number of sulfonamides is 1.